The normalized spacial score (nSPS) is 10.1. The molecular formula is C17H20N4O4. The van der Waals surface area contributed by atoms with E-state index in [1.165, 1.54) is 0 Å². The number of hydrogen-bond acceptors (Lipinski definition) is 6. The fraction of sp³-hybridized carbons (Fsp3) is 0.235. The van der Waals surface area contributed by atoms with Crippen LogP contribution in [0.4, 0.5) is 22.1 Å². The van der Waals surface area contributed by atoms with Crippen molar-refractivity contribution in [2.24, 2.45) is 0 Å². The maximum atomic E-state index is 11.4. The van der Waals surface area contributed by atoms with E-state index in [4.69, 9.17) is 15.6 Å². The minimum Gasteiger partial charge on any atom is -0.481 e. The van der Waals surface area contributed by atoms with Crippen LogP contribution in [0.5, 0.6) is 0 Å². The molecule has 0 saturated heterocycles. The standard InChI is InChI=1S/C17H20N4O4/c1-2-25-17(24)20-13-7-8-14(21-16(13)18)19-10-12-5-3-11(4-6-12)9-15(22)23/h3-8H,2,9-10H2,1H3,(H,20,24)(H,22,23)(H3,18,19,21). The molecule has 0 spiro atoms. The molecule has 5 N–H and O–H groups in total. The van der Waals surface area contributed by atoms with Crippen molar-refractivity contribution in [2.45, 2.75) is 19.9 Å². The number of anilines is 3. The van der Waals surface area contributed by atoms with Gasteiger partial charge in [-0.1, -0.05) is 24.3 Å². The van der Waals surface area contributed by atoms with E-state index in [2.05, 4.69) is 15.6 Å². The quantitative estimate of drug-likeness (QED) is 0.607. The number of nitrogens with one attached hydrogen (secondary N) is 2. The van der Waals surface area contributed by atoms with Gasteiger partial charge in [0.05, 0.1) is 18.7 Å². The zero-order chi connectivity index (χ0) is 18.2. The highest BCUT2D eigenvalue weighted by molar-refractivity contribution is 5.88. The number of aromatic nitrogens is 1. The first-order valence-electron chi connectivity index (χ1n) is 7.71. The van der Waals surface area contributed by atoms with Crippen LogP contribution >= 0.6 is 0 Å². The molecule has 1 amide bonds. The van der Waals surface area contributed by atoms with Gasteiger partial charge in [-0.05, 0) is 30.2 Å². The highest BCUT2D eigenvalue weighted by Crippen LogP contribution is 2.19. The van der Waals surface area contributed by atoms with Gasteiger partial charge in [-0.25, -0.2) is 9.78 Å². The fourth-order valence-corrected chi connectivity index (χ4v) is 2.10. The van der Waals surface area contributed by atoms with E-state index in [0.717, 1.165) is 11.1 Å². The Bertz CT molecular complexity index is 747. The molecule has 0 atom stereocenters. The van der Waals surface area contributed by atoms with Gasteiger partial charge in [-0.2, -0.15) is 0 Å². The Morgan fingerprint density at radius 1 is 1.16 bits per heavy atom. The van der Waals surface area contributed by atoms with E-state index in [0.29, 0.717) is 18.1 Å². The lowest BCUT2D eigenvalue weighted by Gasteiger charge is -2.10. The Hall–Kier alpha value is -3.29. The van der Waals surface area contributed by atoms with Gasteiger partial charge in [0.1, 0.15) is 11.6 Å². The molecule has 0 aliphatic rings. The van der Waals surface area contributed by atoms with Crippen LogP contribution in [0, 0.1) is 0 Å². The number of nitrogen functional groups attached to an aromatic ring is 1. The number of amides is 1. The zero-order valence-electron chi connectivity index (χ0n) is 13.8. The van der Waals surface area contributed by atoms with Crippen LogP contribution < -0.4 is 16.4 Å². The highest BCUT2D eigenvalue weighted by Gasteiger charge is 2.07. The van der Waals surface area contributed by atoms with E-state index in [1.807, 2.05) is 12.1 Å². The van der Waals surface area contributed by atoms with Gasteiger partial charge in [0.25, 0.3) is 0 Å². The van der Waals surface area contributed by atoms with E-state index < -0.39 is 12.1 Å². The third kappa shape index (κ3) is 5.69. The minimum absolute atomic E-state index is 0.000720. The van der Waals surface area contributed by atoms with Gasteiger partial charge in [0, 0.05) is 6.54 Å². The summed E-state index contributed by atoms with van der Waals surface area (Å²) in [5.41, 5.74) is 7.92. The maximum Gasteiger partial charge on any atom is 0.411 e. The summed E-state index contributed by atoms with van der Waals surface area (Å²) >= 11 is 0. The van der Waals surface area contributed by atoms with E-state index in [9.17, 15) is 9.59 Å². The predicted octanol–water partition coefficient (Wildman–Crippen LogP) is 2.47. The summed E-state index contributed by atoms with van der Waals surface area (Å²) in [5, 5.41) is 14.4. The van der Waals surface area contributed by atoms with Crippen LogP contribution in [0.3, 0.4) is 0 Å². The van der Waals surface area contributed by atoms with Crippen LogP contribution in [-0.2, 0) is 22.5 Å². The predicted molar refractivity (Wildman–Crippen MR) is 94.4 cm³/mol. The van der Waals surface area contributed by atoms with Crippen LogP contribution in [0.15, 0.2) is 36.4 Å². The Morgan fingerprint density at radius 3 is 2.44 bits per heavy atom. The Balaban J connectivity index is 1.93. The van der Waals surface area contributed by atoms with E-state index in [1.54, 1.807) is 31.2 Å². The molecule has 132 valence electrons. The topological polar surface area (TPSA) is 127 Å². The second-order valence-corrected chi connectivity index (χ2v) is 5.22. The average Bonchev–Trinajstić information content (AvgIpc) is 2.56. The molecule has 1 aromatic carbocycles. The number of carbonyl (C=O) groups excluding carboxylic acids is 1. The largest absolute Gasteiger partial charge is 0.481 e. The lowest BCUT2D eigenvalue weighted by molar-refractivity contribution is -0.136. The number of pyridine rings is 1. The summed E-state index contributed by atoms with van der Waals surface area (Å²) < 4.78 is 4.78. The van der Waals surface area contributed by atoms with Gasteiger partial charge in [0.15, 0.2) is 0 Å². The molecule has 25 heavy (non-hydrogen) atoms. The summed E-state index contributed by atoms with van der Waals surface area (Å²) in [6, 6.07) is 10.6. The van der Waals surface area contributed by atoms with Gasteiger partial charge in [0.2, 0.25) is 0 Å². The Morgan fingerprint density at radius 2 is 1.84 bits per heavy atom. The third-order valence-electron chi connectivity index (χ3n) is 3.29. The summed E-state index contributed by atoms with van der Waals surface area (Å²) in [4.78, 5) is 26.2. The SMILES string of the molecule is CCOC(=O)Nc1ccc(NCc2ccc(CC(=O)O)cc2)nc1N. The van der Waals surface area contributed by atoms with Gasteiger partial charge < -0.3 is 20.9 Å². The number of nitrogens with zero attached hydrogens (tertiary/aromatic N) is 1. The van der Waals surface area contributed by atoms with Crippen molar-refractivity contribution in [1.29, 1.82) is 0 Å². The van der Waals surface area contributed by atoms with Crippen molar-refractivity contribution >= 4 is 29.4 Å². The van der Waals surface area contributed by atoms with Crippen molar-refractivity contribution in [3.63, 3.8) is 0 Å². The molecule has 2 aromatic rings. The molecule has 1 heterocycles. The summed E-state index contributed by atoms with van der Waals surface area (Å²) in [7, 11) is 0. The number of aliphatic carboxylic acids is 1. The summed E-state index contributed by atoms with van der Waals surface area (Å²) in [5.74, 6) is -0.126. The second-order valence-electron chi connectivity index (χ2n) is 5.22. The number of carboxylic acid groups (broad SMARTS) is 1. The third-order valence-corrected chi connectivity index (χ3v) is 3.29. The lowest BCUT2D eigenvalue weighted by atomic mass is 10.1. The van der Waals surface area contributed by atoms with Crippen molar-refractivity contribution in [2.75, 3.05) is 23.0 Å². The average molecular weight is 344 g/mol. The van der Waals surface area contributed by atoms with Gasteiger partial charge in [-0.15, -0.1) is 0 Å². The number of carboxylic acids is 1. The lowest BCUT2D eigenvalue weighted by Crippen LogP contribution is -2.15. The molecule has 0 radical (unpaired) electrons. The number of nitrogens with two attached hydrogens (primary N) is 1. The molecule has 0 saturated carbocycles. The molecule has 8 nitrogen and oxygen atoms in total. The molecule has 0 fully saturated rings. The van der Waals surface area contributed by atoms with Crippen LogP contribution in [0.1, 0.15) is 18.1 Å². The molecule has 0 bridgehead atoms. The second kappa shape index (κ2) is 8.53. The molecule has 2 rings (SSSR count). The number of carbonyl (C=O) groups is 2. The van der Waals surface area contributed by atoms with E-state index >= 15 is 0 Å². The van der Waals surface area contributed by atoms with Crippen LogP contribution in [0.2, 0.25) is 0 Å². The first-order chi connectivity index (χ1) is 12.0. The Kier molecular flexibility index (Phi) is 6.16. The molecular weight excluding hydrogens is 324 g/mol. The van der Waals surface area contributed by atoms with Crippen molar-refractivity contribution in [1.82, 2.24) is 4.98 Å². The fourth-order valence-electron chi connectivity index (χ4n) is 2.10. The van der Waals surface area contributed by atoms with Gasteiger partial charge in [-0.3, -0.25) is 10.1 Å². The van der Waals surface area contributed by atoms with Crippen LogP contribution in [-0.4, -0.2) is 28.8 Å². The number of hydrogen-bond donors (Lipinski definition) is 4. The molecule has 0 aliphatic carbocycles. The van der Waals surface area contributed by atoms with Crippen molar-refractivity contribution < 1.29 is 19.4 Å². The monoisotopic (exact) mass is 344 g/mol. The first-order valence-corrected chi connectivity index (χ1v) is 7.71. The molecule has 0 aliphatic heterocycles. The number of ether oxygens (including phenoxy) is 1. The highest BCUT2D eigenvalue weighted by atomic mass is 16.5. The molecule has 1 aromatic heterocycles. The zero-order valence-corrected chi connectivity index (χ0v) is 13.8. The van der Waals surface area contributed by atoms with Crippen LogP contribution in [0.25, 0.3) is 0 Å². The number of benzene rings is 1. The maximum absolute atomic E-state index is 11.4. The smallest absolute Gasteiger partial charge is 0.411 e. The van der Waals surface area contributed by atoms with Crippen molar-refractivity contribution in [3.05, 3.63) is 47.5 Å². The molecule has 0 unspecified atom stereocenters. The number of rotatable bonds is 7. The van der Waals surface area contributed by atoms with E-state index in [-0.39, 0.29) is 18.8 Å². The van der Waals surface area contributed by atoms with Gasteiger partial charge >= 0.3 is 12.1 Å². The minimum atomic E-state index is -0.859. The Labute approximate surface area is 145 Å². The summed E-state index contributed by atoms with van der Waals surface area (Å²) in [6.45, 7) is 2.48. The molecule has 8 heteroatoms. The summed E-state index contributed by atoms with van der Waals surface area (Å²) in [6.07, 6.45) is -0.584. The first kappa shape index (κ1) is 18.1. The van der Waals surface area contributed by atoms with Crippen molar-refractivity contribution in [3.8, 4) is 0 Å².